The summed E-state index contributed by atoms with van der Waals surface area (Å²) in [5.41, 5.74) is 3.24. The summed E-state index contributed by atoms with van der Waals surface area (Å²) in [6.07, 6.45) is 5.70. The molecule has 4 fully saturated rings. The van der Waals surface area contributed by atoms with Gasteiger partial charge in [0.05, 0.1) is 22.6 Å². The van der Waals surface area contributed by atoms with Gasteiger partial charge in [-0.1, -0.05) is 0 Å². The lowest BCUT2D eigenvalue weighted by Crippen LogP contribution is -2.48. The molecule has 1 saturated carbocycles. The number of carbonyl (C=O) groups excluding carboxylic acids is 1. The van der Waals surface area contributed by atoms with E-state index in [9.17, 15) is 13.2 Å². The van der Waals surface area contributed by atoms with Gasteiger partial charge in [-0.2, -0.15) is 0 Å². The fraction of sp³-hybridized carbons (Fsp3) is 0.952. The van der Waals surface area contributed by atoms with Gasteiger partial charge in [-0.25, -0.2) is 13.4 Å². The Morgan fingerprint density at radius 2 is 1.83 bits per heavy atom. The Bertz CT molecular complexity index is 707. The van der Waals surface area contributed by atoms with Crippen LogP contribution in [-0.2, 0) is 14.6 Å². The minimum atomic E-state index is -3.11. The van der Waals surface area contributed by atoms with Crippen LogP contribution >= 0.6 is 0 Å². The van der Waals surface area contributed by atoms with Crippen molar-refractivity contribution < 1.29 is 13.2 Å². The maximum absolute atomic E-state index is 13.1. The molecule has 1 aliphatic carbocycles. The van der Waals surface area contributed by atoms with Crippen LogP contribution in [0.3, 0.4) is 0 Å². The largest absolute Gasteiger partial charge is 0.356 e. The first kappa shape index (κ1) is 22.5. The van der Waals surface area contributed by atoms with Crippen LogP contribution in [0.4, 0.5) is 0 Å². The molecule has 3 N–H and O–H groups in total. The van der Waals surface area contributed by atoms with E-state index >= 15 is 0 Å². The van der Waals surface area contributed by atoms with E-state index in [-0.39, 0.29) is 22.3 Å². The Hall–Kier alpha value is -0.740. The maximum atomic E-state index is 13.1. The second-order valence-corrected chi connectivity index (χ2v) is 12.5. The van der Waals surface area contributed by atoms with Crippen molar-refractivity contribution in [2.24, 2.45) is 11.8 Å². The van der Waals surface area contributed by atoms with E-state index < -0.39 is 9.84 Å². The van der Waals surface area contributed by atoms with Crippen LogP contribution in [0.15, 0.2) is 0 Å². The number of hydrazine groups is 1. The maximum Gasteiger partial charge on any atom is 0.224 e. The van der Waals surface area contributed by atoms with E-state index in [4.69, 9.17) is 0 Å². The molecule has 0 spiro atoms. The van der Waals surface area contributed by atoms with Crippen LogP contribution in [0.25, 0.3) is 0 Å². The summed E-state index contributed by atoms with van der Waals surface area (Å²) in [4.78, 5) is 15.0. The quantitative estimate of drug-likeness (QED) is 0.546. The first-order valence-corrected chi connectivity index (χ1v) is 13.4. The van der Waals surface area contributed by atoms with E-state index in [1.54, 1.807) is 0 Å². The van der Waals surface area contributed by atoms with Crippen molar-refractivity contribution in [3.8, 4) is 0 Å². The first-order valence-electron chi connectivity index (χ1n) is 11.8. The molecule has 0 radical (unpaired) electrons. The van der Waals surface area contributed by atoms with E-state index in [0.29, 0.717) is 37.8 Å². The molecule has 0 aromatic heterocycles. The van der Waals surface area contributed by atoms with Gasteiger partial charge in [0.15, 0.2) is 9.84 Å². The summed E-state index contributed by atoms with van der Waals surface area (Å²) in [6, 6.07) is 0.307. The summed E-state index contributed by atoms with van der Waals surface area (Å²) in [5.74, 6) is 0.677. The molecule has 3 heterocycles. The van der Waals surface area contributed by atoms with Gasteiger partial charge in [-0.3, -0.25) is 15.1 Å². The molecule has 0 bridgehead atoms. The smallest absolute Gasteiger partial charge is 0.224 e. The van der Waals surface area contributed by atoms with Gasteiger partial charge in [-0.05, 0) is 58.3 Å². The van der Waals surface area contributed by atoms with Gasteiger partial charge in [0.25, 0.3) is 0 Å². The van der Waals surface area contributed by atoms with E-state index in [1.807, 2.05) is 5.01 Å². The van der Waals surface area contributed by atoms with E-state index in [2.05, 4.69) is 34.8 Å². The molecule has 4 rings (SSSR count). The molecule has 0 aromatic rings. The zero-order valence-electron chi connectivity index (χ0n) is 18.5. The Balaban J connectivity index is 1.20. The molecular formula is C21H39N5O3S. The van der Waals surface area contributed by atoms with Crippen LogP contribution in [0.5, 0.6) is 0 Å². The third kappa shape index (κ3) is 4.85. The summed E-state index contributed by atoms with van der Waals surface area (Å²) < 4.78 is 26.2. The fourth-order valence-corrected chi connectivity index (χ4v) is 7.77. The molecule has 3 saturated heterocycles. The average molecular weight is 442 g/mol. The fourth-order valence-electron chi connectivity index (χ4n) is 5.62. The van der Waals surface area contributed by atoms with Gasteiger partial charge >= 0.3 is 0 Å². The number of carbonyl (C=O) groups is 1. The highest BCUT2D eigenvalue weighted by atomic mass is 32.2. The lowest BCUT2D eigenvalue weighted by atomic mass is 9.88. The third-order valence-corrected chi connectivity index (χ3v) is 10.3. The molecule has 4 aliphatic rings. The molecule has 3 unspecified atom stereocenters. The van der Waals surface area contributed by atoms with Crippen molar-refractivity contribution >= 4 is 15.7 Å². The Kier molecular flexibility index (Phi) is 7.04. The lowest BCUT2D eigenvalue weighted by molar-refractivity contribution is -0.127. The van der Waals surface area contributed by atoms with Crippen LogP contribution in [-0.4, -0.2) is 86.2 Å². The summed E-state index contributed by atoms with van der Waals surface area (Å²) >= 11 is 0. The van der Waals surface area contributed by atoms with Crippen molar-refractivity contribution in [2.45, 2.75) is 75.1 Å². The summed E-state index contributed by atoms with van der Waals surface area (Å²) in [7, 11) is -3.11. The summed E-state index contributed by atoms with van der Waals surface area (Å²) in [5, 5.41) is 8.18. The van der Waals surface area contributed by atoms with Gasteiger partial charge in [-0.15, -0.1) is 0 Å². The lowest BCUT2D eigenvalue weighted by Gasteiger charge is -2.34. The Labute approximate surface area is 181 Å². The molecule has 0 aromatic carbocycles. The standard InChI is InChI=1S/C21H39N5O3S/c1-15(2)26-14-19(12-24-26)30(28,29)18-6-3-16(4-7-18)11-23-21(27)17-5-8-20-22-9-10-25(20)13-17/h15-20,22,24H,3-14H2,1-2H3,(H,23,27). The van der Waals surface area contributed by atoms with Crippen molar-refractivity contribution in [3.63, 3.8) is 0 Å². The zero-order chi connectivity index (χ0) is 21.3. The Morgan fingerprint density at radius 1 is 1.07 bits per heavy atom. The van der Waals surface area contributed by atoms with Crippen LogP contribution in [0, 0.1) is 11.8 Å². The van der Waals surface area contributed by atoms with Gasteiger partial charge < -0.3 is 10.6 Å². The van der Waals surface area contributed by atoms with Crippen molar-refractivity contribution in [1.29, 1.82) is 0 Å². The SMILES string of the molecule is CC(C)N1CC(S(=O)(=O)C2CCC(CNC(=O)C3CCC4NCCN4C3)CC2)CN1. The highest BCUT2D eigenvalue weighted by Crippen LogP contribution is 2.31. The number of nitrogens with zero attached hydrogens (tertiary/aromatic N) is 2. The number of piperidine rings is 1. The monoisotopic (exact) mass is 441 g/mol. The van der Waals surface area contributed by atoms with E-state index in [1.165, 1.54) is 0 Å². The van der Waals surface area contributed by atoms with Crippen LogP contribution in [0.2, 0.25) is 0 Å². The molecule has 3 atom stereocenters. The second kappa shape index (κ2) is 9.40. The highest BCUT2D eigenvalue weighted by Gasteiger charge is 2.40. The minimum absolute atomic E-state index is 0.0941. The number of nitrogens with one attached hydrogen (secondary N) is 3. The topological polar surface area (TPSA) is 93.8 Å². The van der Waals surface area contributed by atoms with Gasteiger partial charge in [0, 0.05) is 45.3 Å². The molecule has 172 valence electrons. The Morgan fingerprint density at radius 3 is 2.53 bits per heavy atom. The third-order valence-electron chi connectivity index (χ3n) is 7.67. The molecule has 8 nitrogen and oxygen atoms in total. The highest BCUT2D eigenvalue weighted by molar-refractivity contribution is 7.92. The van der Waals surface area contributed by atoms with Crippen LogP contribution < -0.4 is 16.1 Å². The number of rotatable bonds is 6. The number of hydrogen-bond donors (Lipinski definition) is 3. The predicted octanol–water partition coefficient (Wildman–Crippen LogP) is 0.315. The van der Waals surface area contributed by atoms with Gasteiger partial charge in [0.2, 0.25) is 5.91 Å². The molecule has 1 amide bonds. The average Bonchev–Trinajstić information content (AvgIpc) is 3.41. The number of amides is 1. The summed E-state index contributed by atoms with van der Waals surface area (Å²) in [6.45, 7) is 8.89. The van der Waals surface area contributed by atoms with Crippen molar-refractivity contribution in [1.82, 2.24) is 26.0 Å². The number of hydrogen-bond acceptors (Lipinski definition) is 7. The molecular weight excluding hydrogens is 402 g/mol. The number of fused-ring (bicyclic) bond motifs is 1. The van der Waals surface area contributed by atoms with E-state index in [0.717, 1.165) is 58.2 Å². The first-order chi connectivity index (χ1) is 14.3. The van der Waals surface area contributed by atoms with Gasteiger partial charge in [0.1, 0.15) is 0 Å². The number of sulfone groups is 1. The molecule has 9 heteroatoms. The normalized spacial score (nSPS) is 36.2. The molecule has 30 heavy (non-hydrogen) atoms. The minimum Gasteiger partial charge on any atom is -0.356 e. The van der Waals surface area contributed by atoms with Crippen molar-refractivity contribution in [3.05, 3.63) is 0 Å². The molecule has 3 aliphatic heterocycles. The van der Waals surface area contributed by atoms with Crippen molar-refractivity contribution in [2.75, 3.05) is 39.3 Å². The zero-order valence-corrected chi connectivity index (χ0v) is 19.3. The van der Waals surface area contributed by atoms with Crippen LogP contribution in [0.1, 0.15) is 52.4 Å². The predicted molar refractivity (Wildman–Crippen MR) is 117 cm³/mol. The second-order valence-electron chi connectivity index (χ2n) is 9.95.